The summed E-state index contributed by atoms with van der Waals surface area (Å²) in [5.41, 5.74) is 2.02. The molecule has 3 rings (SSSR count). The third-order valence-corrected chi connectivity index (χ3v) is 3.92. The molecule has 0 saturated carbocycles. The van der Waals surface area contributed by atoms with Crippen molar-refractivity contribution in [3.05, 3.63) is 102 Å². The van der Waals surface area contributed by atoms with Gasteiger partial charge in [-0.05, 0) is 17.7 Å². The van der Waals surface area contributed by atoms with Gasteiger partial charge in [-0.25, -0.2) is 4.39 Å². The quantitative estimate of drug-likeness (QED) is 0.549. The standard InChI is InChI=1S/C21H17FN2O2/c22-19-8-6-16(7-9-19)14-23-20(25)15-24-12-10-18(11-13-24)21(26)17-4-2-1-3-5-17/h1-13H,14-15H2/p+1. The number of pyridine rings is 1. The van der Waals surface area contributed by atoms with Gasteiger partial charge in [-0.15, -0.1) is 0 Å². The Hall–Kier alpha value is -3.34. The molecular weight excluding hydrogens is 331 g/mol. The first-order valence-corrected chi connectivity index (χ1v) is 8.22. The van der Waals surface area contributed by atoms with Gasteiger partial charge in [0.1, 0.15) is 5.82 Å². The molecular formula is C21H18FN2O2+. The number of hydrogen-bond donors (Lipinski definition) is 1. The van der Waals surface area contributed by atoms with Crippen molar-refractivity contribution in [3.8, 4) is 0 Å². The van der Waals surface area contributed by atoms with Crippen molar-refractivity contribution in [3.63, 3.8) is 0 Å². The van der Waals surface area contributed by atoms with Gasteiger partial charge < -0.3 is 5.32 Å². The van der Waals surface area contributed by atoms with Crippen molar-refractivity contribution in [2.45, 2.75) is 13.1 Å². The number of benzene rings is 2. The Balaban J connectivity index is 1.56. The molecule has 1 heterocycles. The maximum atomic E-state index is 12.9. The predicted molar refractivity (Wildman–Crippen MR) is 94.8 cm³/mol. The summed E-state index contributed by atoms with van der Waals surface area (Å²) in [6.45, 7) is 0.477. The van der Waals surface area contributed by atoms with Gasteiger partial charge in [0.05, 0.1) is 0 Å². The molecule has 3 aromatic rings. The highest BCUT2D eigenvalue weighted by atomic mass is 19.1. The van der Waals surface area contributed by atoms with Crippen molar-refractivity contribution < 1.29 is 18.5 Å². The number of amides is 1. The summed E-state index contributed by atoms with van der Waals surface area (Å²) in [5.74, 6) is -0.527. The van der Waals surface area contributed by atoms with Crippen LogP contribution in [0.25, 0.3) is 0 Å². The fraction of sp³-hybridized carbons (Fsp3) is 0.0952. The molecule has 1 N–H and O–H groups in total. The van der Waals surface area contributed by atoms with Crippen LogP contribution in [-0.4, -0.2) is 11.7 Å². The van der Waals surface area contributed by atoms with Crippen molar-refractivity contribution in [1.29, 1.82) is 0 Å². The number of carbonyl (C=O) groups excluding carboxylic acids is 2. The molecule has 0 fully saturated rings. The van der Waals surface area contributed by atoms with Crippen LogP contribution in [0.5, 0.6) is 0 Å². The van der Waals surface area contributed by atoms with Gasteiger partial charge in [-0.3, -0.25) is 9.59 Å². The van der Waals surface area contributed by atoms with E-state index in [1.807, 2.05) is 18.2 Å². The summed E-state index contributed by atoms with van der Waals surface area (Å²) >= 11 is 0. The summed E-state index contributed by atoms with van der Waals surface area (Å²) in [7, 11) is 0. The summed E-state index contributed by atoms with van der Waals surface area (Å²) in [5, 5.41) is 2.78. The van der Waals surface area contributed by atoms with E-state index in [9.17, 15) is 14.0 Å². The average Bonchev–Trinajstić information content (AvgIpc) is 2.68. The van der Waals surface area contributed by atoms with Crippen LogP contribution in [0.3, 0.4) is 0 Å². The molecule has 0 saturated heterocycles. The topological polar surface area (TPSA) is 50.0 Å². The zero-order valence-electron chi connectivity index (χ0n) is 14.1. The van der Waals surface area contributed by atoms with E-state index in [1.165, 1.54) is 12.1 Å². The Labute approximate surface area is 150 Å². The Kier molecular flexibility index (Phi) is 5.49. The highest BCUT2D eigenvalue weighted by molar-refractivity contribution is 6.08. The van der Waals surface area contributed by atoms with Gasteiger partial charge in [0, 0.05) is 29.8 Å². The van der Waals surface area contributed by atoms with E-state index in [0.29, 0.717) is 17.7 Å². The van der Waals surface area contributed by atoms with E-state index < -0.39 is 0 Å². The summed E-state index contributed by atoms with van der Waals surface area (Å²) in [6.07, 6.45) is 3.40. The Bertz CT molecular complexity index is 892. The fourth-order valence-electron chi connectivity index (χ4n) is 2.49. The van der Waals surface area contributed by atoms with Gasteiger partial charge in [-0.1, -0.05) is 42.5 Å². The smallest absolute Gasteiger partial charge is 0.286 e. The van der Waals surface area contributed by atoms with Crippen LogP contribution in [0.15, 0.2) is 79.1 Å². The number of halogens is 1. The molecule has 2 aromatic carbocycles. The molecule has 1 amide bonds. The SMILES string of the molecule is O=C(C[n+]1ccc(C(=O)c2ccccc2)cc1)NCc1ccc(F)cc1. The molecule has 130 valence electrons. The number of nitrogens with one attached hydrogen (secondary N) is 1. The first kappa shape index (κ1) is 17.5. The number of hydrogen-bond acceptors (Lipinski definition) is 2. The molecule has 0 aliphatic rings. The third-order valence-electron chi connectivity index (χ3n) is 3.92. The van der Waals surface area contributed by atoms with Crippen LogP contribution in [0.4, 0.5) is 4.39 Å². The van der Waals surface area contributed by atoms with E-state index in [-0.39, 0.29) is 24.1 Å². The van der Waals surface area contributed by atoms with Crippen molar-refractivity contribution >= 4 is 11.7 Å². The van der Waals surface area contributed by atoms with Crippen LogP contribution < -0.4 is 9.88 Å². The number of rotatable bonds is 6. The normalized spacial score (nSPS) is 10.3. The first-order valence-electron chi connectivity index (χ1n) is 8.22. The van der Waals surface area contributed by atoms with E-state index in [1.54, 1.807) is 53.4 Å². The second-order valence-electron chi connectivity index (χ2n) is 5.86. The van der Waals surface area contributed by atoms with Crippen LogP contribution in [-0.2, 0) is 17.9 Å². The van der Waals surface area contributed by atoms with Crippen molar-refractivity contribution in [2.75, 3.05) is 0 Å². The lowest BCUT2D eigenvalue weighted by molar-refractivity contribution is -0.684. The number of ketones is 1. The molecule has 0 bridgehead atoms. The molecule has 0 aliphatic carbocycles. The molecule has 5 heteroatoms. The Morgan fingerprint density at radius 2 is 1.46 bits per heavy atom. The molecule has 0 radical (unpaired) electrons. The largest absolute Gasteiger partial charge is 0.347 e. The molecule has 4 nitrogen and oxygen atoms in total. The van der Waals surface area contributed by atoms with E-state index in [2.05, 4.69) is 5.32 Å². The molecule has 0 spiro atoms. The maximum Gasteiger partial charge on any atom is 0.286 e. The third kappa shape index (κ3) is 4.60. The van der Waals surface area contributed by atoms with Gasteiger partial charge in [0.25, 0.3) is 5.91 Å². The summed E-state index contributed by atoms with van der Waals surface area (Å²) in [6, 6.07) is 18.4. The second kappa shape index (κ2) is 8.16. The van der Waals surface area contributed by atoms with Gasteiger partial charge in [0.2, 0.25) is 6.54 Å². The lowest BCUT2D eigenvalue weighted by Gasteiger charge is -2.04. The number of aromatic nitrogens is 1. The molecule has 1 aromatic heterocycles. The Morgan fingerprint density at radius 3 is 2.12 bits per heavy atom. The van der Waals surface area contributed by atoms with E-state index in [0.717, 1.165) is 5.56 Å². The monoisotopic (exact) mass is 349 g/mol. The minimum atomic E-state index is -0.305. The maximum absolute atomic E-state index is 12.9. The molecule has 26 heavy (non-hydrogen) atoms. The minimum absolute atomic E-state index is 0.0569. The highest BCUT2D eigenvalue weighted by Crippen LogP contribution is 2.07. The lowest BCUT2D eigenvalue weighted by atomic mass is 10.0. The van der Waals surface area contributed by atoms with E-state index >= 15 is 0 Å². The number of carbonyl (C=O) groups is 2. The minimum Gasteiger partial charge on any atom is -0.347 e. The number of nitrogens with zero attached hydrogens (tertiary/aromatic N) is 1. The van der Waals surface area contributed by atoms with Crippen LogP contribution in [0.2, 0.25) is 0 Å². The van der Waals surface area contributed by atoms with Crippen LogP contribution in [0.1, 0.15) is 21.5 Å². The van der Waals surface area contributed by atoms with Crippen LogP contribution >= 0.6 is 0 Å². The van der Waals surface area contributed by atoms with Gasteiger partial charge in [-0.2, -0.15) is 4.57 Å². The molecule has 0 aliphatic heterocycles. The molecule has 0 unspecified atom stereocenters. The Morgan fingerprint density at radius 1 is 0.846 bits per heavy atom. The van der Waals surface area contributed by atoms with E-state index in [4.69, 9.17) is 0 Å². The second-order valence-corrected chi connectivity index (χ2v) is 5.86. The predicted octanol–water partition coefficient (Wildman–Crippen LogP) is 2.66. The van der Waals surface area contributed by atoms with Gasteiger partial charge >= 0.3 is 0 Å². The average molecular weight is 349 g/mol. The van der Waals surface area contributed by atoms with Crippen LogP contribution in [0, 0.1) is 5.82 Å². The zero-order chi connectivity index (χ0) is 18.4. The highest BCUT2D eigenvalue weighted by Gasteiger charge is 2.13. The van der Waals surface area contributed by atoms with Crippen molar-refractivity contribution in [2.24, 2.45) is 0 Å². The summed E-state index contributed by atoms with van der Waals surface area (Å²) < 4.78 is 14.6. The lowest BCUT2D eigenvalue weighted by Crippen LogP contribution is -2.42. The van der Waals surface area contributed by atoms with Crippen molar-refractivity contribution in [1.82, 2.24) is 5.32 Å². The van der Waals surface area contributed by atoms with Gasteiger partial charge in [0.15, 0.2) is 18.2 Å². The first-order chi connectivity index (χ1) is 12.6. The molecule has 0 atom stereocenters. The summed E-state index contributed by atoms with van der Waals surface area (Å²) in [4.78, 5) is 24.4. The zero-order valence-corrected chi connectivity index (χ0v) is 14.1. The fourth-order valence-corrected chi connectivity index (χ4v) is 2.49.